The zero-order valence-electron chi connectivity index (χ0n) is 12.0. The van der Waals surface area contributed by atoms with Crippen LogP contribution >= 0.6 is 11.8 Å². The molecule has 2 N–H and O–H groups in total. The molecule has 0 saturated heterocycles. The van der Waals surface area contributed by atoms with E-state index in [9.17, 15) is 4.79 Å². The summed E-state index contributed by atoms with van der Waals surface area (Å²) in [5.41, 5.74) is 6.54. The molecule has 0 heterocycles. The van der Waals surface area contributed by atoms with E-state index >= 15 is 0 Å². The molecule has 0 spiro atoms. The lowest BCUT2D eigenvalue weighted by molar-refractivity contribution is 0.0523. The molecule has 2 rings (SSSR count). The number of hydrogen-bond acceptors (Lipinski definition) is 5. The summed E-state index contributed by atoms with van der Waals surface area (Å²) in [4.78, 5) is 13.1. The molecule has 110 valence electrons. The maximum atomic E-state index is 11.9. The monoisotopic (exact) mass is 303 g/mol. The minimum atomic E-state index is -0.444. The van der Waals surface area contributed by atoms with Gasteiger partial charge in [0.05, 0.1) is 6.61 Å². The standard InChI is InChI=1S/C16H17NO3S/c1-3-19-16(18)14-10-11(17)4-9-15(14)20-12-5-7-13(21-2)8-6-12/h4-10H,3,17H2,1-2H3. The minimum Gasteiger partial charge on any atom is -0.462 e. The van der Waals surface area contributed by atoms with Gasteiger partial charge in [0.15, 0.2) is 0 Å². The van der Waals surface area contributed by atoms with Crippen molar-refractivity contribution in [3.63, 3.8) is 0 Å². The molecule has 5 heteroatoms. The Kier molecular flexibility index (Phi) is 5.11. The summed E-state index contributed by atoms with van der Waals surface area (Å²) in [6.45, 7) is 2.06. The summed E-state index contributed by atoms with van der Waals surface area (Å²) in [6, 6.07) is 12.6. The number of carbonyl (C=O) groups is 1. The summed E-state index contributed by atoms with van der Waals surface area (Å²) in [5, 5.41) is 0. The number of ether oxygens (including phenoxy) is 2. The molecule has 0 bridgehead atoms. The summed E-state index contributed by atoms with van der Waals surface area (Å²) in [5.74, 6) is 0.642. The molecule has 4 nitrogen and oxygen atoms in total. The SMILES string of the molecule is CCOC(=O)c1cc(N)ccc1Oc1ccc(SC)cc1. The number of esters is 1. The van der Waals surface area contributed by atoms with Crippen LogP contribution in [0.2, 0.25) is 0 Å². The van der Waals surface area contributed by atoms with Gasteiger partial charge in [-0.3, -0.25) is 0 Å². The van der Waals surface area contributed by atoms with E-state index in [0.29, 0.717) is 29.4 Å². The van der Waals surface area contributed by atoms with E-state index < -0.39 is 5.97 Å². The van der Waals surface area contributed by atoms with Crippen LogP contribution in [0, 0.1) is 0 Å². The fraction of sp³-hybridized carbons (Fsp3) is 0.188. The smallest absolute Gasteiger partial charge is 0.342 e. The van der Waals surface area contributed by atoms with Crippen molar-refractivity contribution in [3.8, 4) is 11.5 Å². The first-order valence-electron chi connectivity index (χ1n) is 6.52. The molecule has 0 fully saturated rings. The van der Waals surface area contributed by atoms with Crippen LogP contribution in [0.25, 0.3) is 0 Å². The quantitative estimate of drug-likeness (QED) is 0.514. The van der Waals surface area contributed by atoms with Crippen molar-refractivity contribution in [2.75, 3.05) is 18.6 Å². The highest BCUT2D eigenvalue weighted by Gasteiger charge is 2.15. The number of thioether (sulfide) groups is 1. The van der Waals surface area contributed by atoms with Crippen molar-refractivity contribution in [2.45, 2.75) is 11.8 Å². The van der Waals surface area contributed by atoms with Crippen LogP contribution in [0.5, 0.6) is 11.5 Å². The number of rotatable bonds is 5. The summed E-state index contributed by atoms with van der Waals surface area (Å²) < 4.78 is 10.8. The number of anilines is 1. The maximum Gasteiger partial charge on any atom is 0.342 e. The lowest BCUT2D eigenvalue weighted by atomic mass is 10.2. The molecule has 0 saturated carbocycles. The van der Waals surface area contributed by atoms with E-state index in [2.05, 4.69) is 0 Å². The number of nitrogen functional groups attached to an aromatic ring is 1. The lowest BCUT2D eigenvalue weighted by Gasteiger charge is -2.11. The van der Waals surface area contributed by atoms with Crippen LogP contribution in [0.1, 0.15) is 17.3 Å². The average Bonchev–Trinajstić information content (AvgIpc) is 2.50. The van der Waals surface area contributed by atoms with Gasteiger partial charge < -0.3 is 15.2 Å². The number of hydrogen-bond donors (Lipinski definition) is 1. The van der Waals surface area contributed by atoms with Gasteiger partial charge in [-0.2, -0.15) is 0 Å². The van der Waals surface area contributed by atoms with E-state index in [1.165, 1.54) is 0 Å². The first-order chi connectivity index (χ1) is 10.1. The van der Waals surface area contributed by atoms with E-state index in [-0.39, 0.29) is 0 Å². The van der Waals surface area contributed by atoms with Crippen molar-refractivity contribution in [1.82, 2.24) is 0 Å². The Hall–Kier alpha value is -2.14. The van der Waals surface area contributed by atoms with Crippen molar-refractivity contribution in [2.24, 2.45) is 0 Å². The molecule has 2 aromatic carbocycles. The van der Waals surface area contributed by atoms with Gasteiger partial charge in [-0.05, 0) is 55.6 Å². The lowest BCUT2D eigenvalue weighted by Crippen LogP contribution is -2.07. The second-order valence-corrected chi connectivity index (χ2v) is 5.13. The third-order valence-electron chi connectivity index (χ3n) is 2.79. The van der Waals surface area contributed by atoms with E-state index in [1.807, 2.05) is 30.5 Å². The number of nitrogens with two attached hydrogens (primary N) is 1. The van der Waals surface area contributed by atoms with Gasteiger partial charge in [-0.25, -0.2) is 4.79 Å². The normalized spacial score (nSPS) is 10.2. The molecule has 0 aromatic heterocycles. The number of carbonyl (C=O) groups excluding carboxylic acids is 1. The van der Waals surface area contributed by atoms with E-state index in [4.69, 9.17) is 15.2 Å². The predicted molar refractivity (Wildman–Crippen MR) is 85.1 cm³/mol. The molecule has 0 aliphatic carbocycles. The molecule has 21 heavy (non-hydrogen) atoms. The van der Waals surface area contributed by atoms with Crippen molar-refractivity contribution in [1.29, 1.82) is 0 Å². The van der Waals surface area contributed by atoms with Crippen molar-refractivity contribution >= 4 is 23.4 Å². The largest absolute Gasteiger partial charge is 0.462 e. The van der Waals surface area contributed by atoms with Crippen LogP contribution in [-0.2, 0) is 4.74 Å². The molecule has 0 aliphatic rings. The zero-order chi connectivity index (χ0) is 15.2. The van der Waals surface area contributed by atoms with Gasteiger partial charge in [-0.15, -0.1) is 11.8 Å². The van der Waals surface area contributed by atoms with Gasteiger partial charge in [0.2, 0.25) is 0 Å². The first kappa shape index (κ1) is 15.3. The molecule has 0 unspecified atom stereocenters. The molecule has 2 aromatic rings. The Morgan fingerprint density at radius 2 is 1.90 bits per heavy atom. The summed E-state index contributed by atoms with van der Waals surface area (Å²) in [7, 11) is 0. The van der Waals surface area contributed by atoms with Gasteiger partial charge in [-0.1, -0.05) is 0 Å². The Labute approximate surface area is 128 Å². The van der Waals surface area contributed by atoms with Crippen molar-refractivity contribution < 1.29 is 14.3 Å². The fourth-order valence-corrected chi connectivity index (χ4v) is 2.18. The predicted octanol–water partition coefficient (Wildman–Crippen LogP) is 3.96. The molecule has 0 radical (unpaired) electrons. The third kappa shape index (κ3) is 3.92. The second-order valence-electron chi connectivity index (χ2n) is 4.25. The second kappa shape index (κ2) is 7.04. The molecule has 0 atom stereocenters. The van der Waals surface area contributed by atoms with E-state index in [1.54, 1.807) is 36.9 Å². The molecule has 0 aliphatic heterocycles. The minimum absolute atomic E-state index is 0.301. The Morgan fingerprint density at radius 3 is 2.52 bits per heavy atom. The third-order valence-corrected chi connectivity index (χ3v) is 3.53. The van der Waals surface area contributed by atoms with Gasteiger partial charge in [0.1, 0.15) is 17.1 Å². The van der Waals surface area contributed by atoms with Crippen molar-refractivity contribution in [3.05, 3.63) is 48.0 Å². The van der Waals surface area contributed by atoms with Gasteiger partial charge in [0.25, 0.3) is 0 Å². The maximum absolute atomic E-state index is 11.9. The van der Waals surface area contributed by atoms with Gasteiger partial charge >= 0.3 is 5.97 Å². The topological polar surface area (TPSA) is 61.5 Å². The van der Waals surface area contributed by atoms with Crippen LogP contribution in [0.15, 0.2) is 47.4 Å². The molecule has 0 amide bonds. The van der Waals surface area contributed by atoms with Crippen LogP contribution in [0.3, 0.4) is 0 Å². The Balaban J connectivity index is 2.27. The first-order valence-corrected chi connectivity index (χ1v) is 7.75. The van der Waals surface area contributed by atoms with Crippen LogP contribution in [0.4, 0.5) is 5.69 Å². The fourth-order valence-electron chi connectivity index (χ4n) is 1.78. The molecular weight excluding hydrogens is 286 g/mol. The van der Waals surface area contributed by atoms with Gasteiger partial charge in [0, 0.05) is 10.6 Å². The Morgan fingerprint density at radius 1 is 1.19 bits per heavy atom. The highest BCUT2D eigenvalue weighted by atomic mass is 32.2. The van der Waals surface area contributed by atoms with E-state index in [0.717, 1.165) is 4.90 Å². The summed E-state index contributed by atoms with van der Waals surface area (Å²) in [6.07, 6.45) is 2.01. The molecular formula is C16H17NO3S. The summed E-state index contributed by atoms with van der Waals surface area (Å²) >= 11 is 1.65. The average molecular weight is 303 g/mol. The van der Waals surface area contributed by atoms with Crippen LogP contribution in [-0.4, -0.2) is 18.8 Å². The highest BCUT2D eigenvalue weighted by Crippen LogP contribution is 2.29. The highest BCUT2D eigenvalue weighted by molar-refractivity contribution is 7.98. The number of benzene rings is 2. The van der Waals surface area contributed by atoms with Crippen LogP contribution < -0.4 is 10.5 Å². The Bertz CT molecular complexity index is 626. The zero-order valence-corrected chi connectivity index (χ0v) is 12.8.